The van der Waals surface area contributed by atoms with Crippen molar-refractivity contribution in [2.24, 2.45) is 0 Å². The van der Waals surface area contributed by atoms with E-state index in [2.05, 4.69) is 13.8 Å². The Kier molecular flexibility index (Phi) is 42.3. The minimum Gasteiger partial charge on any atom is -0.462 e. The second-order valence-electron chi connectivity index (χ2n) is 16.5. The van der Waals surface area contributed by atoms with Crippen molar-refractivity contribution in [1.29, 1.82) is 0 Å². The first kappa shape index (κ1) is 56.0. The molecule has 0 aliphatic rings. The SMILES string of the molecule is CCCCCCCCCCCCCCCCCCCCC(=O)OC[C@H](COP(=O)(O)OC[C@@H](O)CO)OC(=O)CCCCCCCCCCCCCCCCCC. The van der Waals surface area contributed by atoms with Gasteiger partial charge in [-0.25, -0.2) is 4.57 Å². The molecule has 340 valence electrons. The topological polar surface area (TPSA) is 149 Å². The first-order valence-electron chi connectivity index (χ1n) is 24.0. The molecule has 0 spiro atoms. The van der Waals surface area contributed by atoms with Crippen LogP contribution in [0.4, 0.5) is 0 Å². The van der Waals surface area contributed by atoms with Gasteiger partial charge in [-0.2, -0.15) is 0 Å². The first-order valence-corrected chi connectivity index (χ1v) is 25.5. The van der Waals surface area contributed by atoms with Crippen molar-refractivity contribution in [1.82, 2.24) is 0 Å². The van der Waals surface area contributed by atoms with Gasteiger partial charge in [-0.05, 0) is 12.8 Å². The van der Waals surface area contributed by atoms with E-state index in [4.69, 9.17) is 23.6 Å². The van der Waals surface area contributed by atoms with Gasteiger partial charge in [0.25, 0.3) is 0 Å². The summed E-state index contributed by atoms with van der Waals surface area (Å²) < 4.78 is 32.8. The van der Waals surface area contributed by atoms with E-state index in [1.54, 1.807) is 0 Å². The summed E-state index contributed by atoms with van der Waals surface area (Å²) in [5, 5.41) is 18.4. The highest BCUT2D eigenvalue weighted by Gasteiger charge is 2.27. The van der Waals surface area contributed by atoms with Gasteiger partial charge >= 0.3 is 19.8 Å². The lowest BCUT2D eigenvalue weighted by Crippen LogP contribution is -2.29. The number of aliphatic hydroxyl groups is 2. The highest BCUT2D eigenvalue weighted by atomic mass is 31.2. The maximum atomic E-state index is 12.6. The molecule has 1 unspecified atom stereocenters. The molecule has 0 amide bonds. The van der Waals surface area contributed by atoms with Crippen LogP contribution in [0.1, 0.15) is 245 Å². The minimum atomic E-state index is -4.61. The quantitative estimate of drug-likeness (QED) is 0.0307. The summed E-state index contributed by atoms with van der Waals surface area (Å²) in [4.78, 5) is 35.1. The molecule has 0 aliphatic carbocycles. The molecule has 3 atom stereocenters. The molecular weight excluding hydrogens is 743 g/mol. The highest BCUT2D eigenvalue weighted by molar-refractivity contribution is 7.47. The number of aliphatic hydroxyl groups excluding tert-OH is 2. The van der Waals surface area contributed by atoms with Crippen molar-refractivity contribution in [2.45, 2.75) is 257 Å². The van der Waals surface area contributed by atoms with Crippen LogP contribution in [0.2, 0.25) is 0 Å². The lowest BCUT2D eigenvalue weighted by Gasteiger charge is -2.20. The standard InChI is InChI=1S/C46H91O10P/c1-3-5-7-9-11-13-15-17-19-21-22-24-25-27-29-31-33-35-37-45(49)53-41-44(42-55-57(51,52)54-40-43(48)39-47)56-46(50)38-36-34-32-30-28-26-23-20-18-16-14-12-10-8-6-4-2/h43-44,47-48H,3-42H2,1-2H3,(H,51,52)/t43-,44+/m0/s1. The van der Waals surface area contributed by atoms with E-state index in [0.29, 0.717) is 12.8 Å². The van der Waals surface area contributed by atoms with Crippen molar-refractivity contribution in [3.63, 3.8) is 0 Å². The Bertz CT molecular complexity index is 920. The number of unbranched alkanes of at least 4 members (excludes halogenated alkanes) is 32. The van der Waals surface area contributed by atoms with Gasteiger partial charge in [-0.3, -0.25) is 18.6 Å². The summed E-state index contributed by atoms with van der Waals surface area (Å²) in [7, 11) is -4.61. The first-order chi connectivity index (χ1) is 27.7. The van der Waals surface area contributed by atoms with Crippen molar-refractivity contribution in [3.05, 3.63) is 0 Å². The molecule has 0 aromatic heterocycles. The molecule has 0 heterocycles. The molecule has 11 heteroatoms. The average Bonchev–Trinajstić information content (AvgIpc) is 3.20. The monoisotopic (exact) mass is 835 g/mol. The molecule has 0 aromatic carbocycles. The number of phosphoric acid groups is 1. The van der Waals surface area contributed by atoms with Crippen LogP contribution in [0.3, 0.4) is 0 Å². The molecule has 0 saturated carbocycles. The van der Waals surface area contributed by atoms with Crippen LogP contribution in [0.25, 0.3) is 0 Å². The third kappa shape index (κ3) is 42.9. The van der Waals surface area contributed by atoms with Gasteiger partial charge in [0.1, 0.15) is 12.7 Å². The summed E-state index contributed by atoms with van der Waals surface area (Å²) >= 11 is 0. The fraction of sp³-hybridized carbons (Fsp3) is 0.957. The fourth-order valence-electron chi connectivity index (χ4n) is 7.05. The van der Waals surface area contributed by atoms with E-state index >= 15 is 0 Å². The summed E-state index contributed by atoms with van der Waals surface area (Å²) in [6.07, 6.45) is 40.6. The molecule has 0 fully saturated rings. The van der Waals surface area contributed by atoms with E-state index in [-0.39, 0.29) is 19.4 Å². The Morgan fingerprint density at radius 2 is 0.754 bits per heavy atom. The van der Waals surface area contributed by atoms with Crippen LogP contribution in [0, 0.1) is 0 Å². The predicted octanol–water partition coefficient (Wildman–Crippen LogP) is 13.0. The molecule has 0 radical (unpaired) electrons. The Morgan fingerprint density at radius 1 is 0.456 bits per heavy atom. The van der Waals surface area contributed by atoms with Crippen LogP contribution < -0.4 is 0 Å². The van der Waals surface area contributed by atoms with Crippen molar-refractivity contribution in [2.75, 3.05) is 26.4 Å². The number of rotatable bonds is 46. The van der Waals surface area contributed by atoms with Gasteiger partial charge < -0.3 is 24.6 Å². The number of carbonyl (C=O) groups is 2. The van der Waals surface area contributed by atoms with Crippen LogP contribution in [0.5, 0.6) is 0 Å². The molecule has 3 N–H and O–H groups in total. The Morgan fingerprint density at radius 3 is 1.09 bits per heavy atom. The largest absolute Gasteiger partial charge is 0.472 e. The second kappa shape index (κ2) is 43.1. The number of esters is 2. The Hall–Kier alpha value is -1.03. The van der Waals surface area contributed by atoms with Crippen molar-refractivity contribution in [3.8, 4) is 0 Å². The Labute approximate surface area is 350 Å². The molecular formula is C46H91O10P. The summed E-state index contributed by atoms with van der Waals surface area (Å²) in [6, 6.07) is 0. The summed E-state index contributed by atoms with van der Waals surface area (Å²) in [6.45, 7) is 2.44. The van der Waals surface area contributed by atoms with Gasteiger partial charge in [0.2, 0.25) is 0 Å². The average molecular weight is 835 g/mol. The van der Waals surface area contributed by atoms with E-state index in [1.807, 2.05) is 0 Å². The smallest absolute Gasteiger partial charge is 0.462 e. The number of ether oxygens (including phenoxy) is 2. The van der Waals surface area contributed by atoms with Crippen LogP contribution in [-0.2, 0) is 32.7 Å². The fourth-order valence-corrected chi connectivity index (χ4v) is 7.84. The maximum absolute atomic E-state index is 12.6. The number of hydrogen-bond donors (Lipinski definition) is 3. The minimum absolute atomic E-state index is 0.193. The number of hydrogen-bond acceptors (Lipinski definition) is 9. The predicted molar refractivity (Wildman–Crippen MR) is 233 cm³/mol. The molecule has 0 aliphatic heterocycles. The molecule has 10 nitrogen and oxygen atoms in total. The maximum Gasteiger partial charge on any atom is 0.472 e. The van der Waals surface area contributed by atoms with E-state index in [9.17, 15) is 24.2 Å². The molecule has 0 aromatic rings. The van der Waals surface area contributed by atoms with Crippen molar-refractivity contribution < 1.29 is 47.8 Å². The van der Waals surface area contributed by atoms with E-state index < -0.39 is 51.8 Å². The van der Waals surface area contributed by atoms with Crippen LogP contribution in [0.15, 0.2) is 0 Å². The normalized spacial score (nSPS) is 13.7. The van der Waals surface area contributed by atoms with Gasteiger partial charge in [0.05, 0.1) is 19.8 Å². The van der Waals surface area contributed by atoms with Crippen molar-refractivity contribution >= 4 is 19.8 Å². The third-order valence-electron chi connectivity index (χ3n) is 10.8. The summed E-state index contributed by atoms with van der Waals surface area (Å²) in [5.41, 5.74) is 0. The molecule has 0 bridgehead atoms. The molecule has 0 rings (SSSR count). The third-order valence-corrected chi connectivity index (χ3v) is 11.7. The second-order valence-corrected chi connectivity index (χ2v) is 18.0. The zero-order valence-electron chi connectivity index (χ0n) is 37.1. The van der Waals surface area contributed by atoms with Gasteiger partial charge in [-0.1, -0.05) is 219 Å². The lowest BCUT2D eigenvalue weighted by atomic mass is 10.0. The van der Waals surface area contributed by atoms with E-state index in [1.165, 1.54) is 173 Å². The number of carbonyl (C=O) groups excluding carboxylic acids is 2. The molecule has 57 heavy (non-hydrogen) atoms. The molecule has 0 saturated heterocycles. The Balaban J connectivity index is 4.17. The zero-order valence-corrected chi connectivity index (χ0v) is 38.0. The van der Waals surface area contributed by atoms with Gasteiger partial charge in [0, 0.05) is 12.8 Å². The van der Waals surface area contributed by atoms with E-state index in [0.717, 1.165) is 32.1 Å². The lowest BCUT2D eigenvalue weighted by molar-refractivity contribution is -0.161. The van der Waals surface area contributed by atoms with Crippen LogP contribution >= 0.6 is 7.82 Å². The number of phosphoric ester groups is 1. The zero-order chi connectivity index (χ0) is 41.9. The summed E-state index contributed by atoms with van der Waals surface area (Å²) in [5.74, 6) is -0.905. The van der Waals surface area contributed by atoms with Crippen LogP contribution in [-0.4, -0.2) is 65.7 Å². The van der Waals surface area contributed by atoms with Gasteiger partial charge in [-0.15, -0.1) is 0 Å². The highest BCUT2D eigenvalue weighted by Crippen LogP contribution is 2.43. The van der Waals surface area contributed by atoms with Gasteiger partial charge in [0.15, 0.2) is 6.10 Å².